The van der Waals surface area contributed by atoms with Crippen LogP contribution in [0.5, 0.6) is 5.75 Å². The van der Waals surface area contributed by atoms with Gasteiger partial charge in [-0.1, -0.05) is 28.1 Å². The normalized spacial score (nSPS) is 10.7. The van der Waals surface area contributed by atoms with Crippen LogP contribution in [0, 0.1) is 12.7 Å². The van der Waals surface area contributed by atoms with Crippen LogP contribution < -0.4 is 10.1 Å². The third-order valence-electron chi connectivity index (χ3n) is 3.85. The molecule has 0 aliphatic heterocycles. The van der Waals surface area contributed by atoms with Crippen molar-refractivity contribution in [3.05, 3.63) is 69.6 Å². The van der Waals surface area contributed by atoms with Gasteiger partial charge in [-0.25, -0.2) is 9.37 Å². The van der Waals surface area contributed by atoms with Crippen LogP contribution in [0.3, 0.4) is 0 Å². The van der Waals surface area contributed by atoms with Crippen molar-refractivity contribution in [3.8, 4) is 5.75 Å². The summed E-state index contributed by atoms with van der Waals surface area (Å²) in [4.78, 5) is 16.8. The van der Waals surface area contributed by atoms with Gasteiger partial charge in [-0.2, -0.15) is 0 Å². The number of pyridine rings is 1. The molecule has 0 spiro atoms. The standard InChI is InChI=1S/C19H16BrFN2O2/c1-11-7-14(21)8-15-17(25-2)9-16(23-18(11)15)19(24)22-10-12-3-5-13(20)6-4-12/h3-9H,10H2,1-2H3,(H,22,24). The van der Waals surface area contributed by atoms with Crippen molar-refractivity contribution in [2.75, 3.05) is 7.11 Å². The number of methoxy groups -OCH3 is 1. The molecule has 4 nitrogen and oxygen atoms in total. The van der Waals surface area contributed by atoms with Gasteiger partial charge >= 0.3 is 0 Å². The van der Waals surface area contributed by atoms with Gasteiger partial charge < -0.3 is 10.1 Å². The molecule has 1 amide bonds. The smallest absolute Gasteiger partial charge is 0.270 e. The number of rotatable bonds is 4. The zero-order valence-electron chi connectivity index (χ0n) is 13.8. The van der Waals surface area contributed by atoms with Crippen LogP contribution in [0.25, 0.3) is 10.9 Å². The summed E-state index contributed by atoms with van der Waals surface area (Å²) in [6.45, 7) is 2.14. The Morgan fingerprint density at radius 3 is 2.64 bits per heavy atom. The highest BCUT2D eigenvalue weighted by atomic mass is 79.9. The number of halogens is 2. The number of benzene rings is 2. The Labute approximate surface area is 153 Å². The van der Waals surface area contributed by atoms with Gasteiger partial charge in [0, 0.05) is 22.5 Å². The number of fused-ring (bicyclic) bond motifs is 1. The van der Waals surface area contributed by atoms with Gasteiger partial charge in [0.2, 0.25) is 0 Å². The maximum absolute atomic E-state index is 13.6. The van der Waals surface area contributed by atoms with Crippen molar-refractivity contribution in [2.24, 2.45) is 0 Å². The van der Waals surface area contributed by atoms with E-state index in [2.05, 4.69) is 26.2 Å². The van der Waals surface area contributed by atoms with Crippen molar-refractivity contribution in [1.82, 2.24) is 10.3 Å². The predicted octanol–water partition coefficient (Wildman–Crippen LogP) is 4.38. The molecule has 3 aromatic rings. The molecule has 1 heterocycles. The van der Waals surface area contributed by atoms with E-state index in [-0.39, 0.29) is 17.4 Å². The molecular weight excluding hydrogens is 387 g/mol. The Kier molecular flexibility index (Phi) is 4.99. The molecule has 3 rings (SSSR count). The van der Waals surface area contributed by atoms with E-state index in [0.29, 0.717) is 28.8 Å². The molecule has 0 fully saturated rings. The van der Waals surface area contributed by atoms with Gasteiger partial charge in [-0.05, 0) is 42.3 Å². The summed E-state index contributed by atoms with van der Waals surface area (Å²) in [5, 5.41) is 3.38. The van der Waals surface area contributed by atoms with Gasteiger partial charge in [0.1, 0.15) is 17.3 Å². The zero-order valence-corrected chi connectivity index (χ0v) is 15.4. The number of aromatic nitrogens is 1. The first-order valence-electron chi connectivity index (χ1n) is 7.65. The first kappa shape index (κ1) is 17.4. The summed E-state index contributed by atoms with van der Waals surface area (Å²) in [5.41, 5.74) is 2.41. The molecule has 0 aliphatic carbocycles. The van der Waals surface area contributed by atoms with E-state index in [1.807, 2.05) is 24.3 Å². The molecule has 0 radical (unpaired) electrons. The van der Waals surface area contributed by atoms with Gasteiger partial charge in [0.15, 0.2) is 0 Å². The Balaban J connectivity index is 1.89. The molecule has 25 heavy (non-hydrogen) atoms. The van der Waals surface area contributed by atoms with E-state index < -0.39 is 0 Å². The number of carbonyl (C=O) groups is 1. The molecule has 0 bridgehead atoms. The average Bonchev–Trinajstić information content (AvgIpc) is 2.60. The maximum atomic E-state index is 13.6. The average molecular weight is 403 g/mol. The molecule has 0 atom stereocenters. The van der Waals surface area contributed by atoms with Crippen molar-refractivity contribution in [2.45, 2.75) is 13.5 Å². The second kappa shape index (κ2) is 7.19. The molecule has 1 N–H and O–H groups in total. The van der Waals surface area contributed by atoms with Crippen LogP contribution in [0.15, 0.2) is 46.9 Å². The third kappa shape index (κ3) is 3.79. The van der Waals surface area contributed by atoms with Gasteiger partial charge in [0.25, 0.3) is 5.91 Å². The number of ether oxygens (including phenoxy) is 1. The maximum Gasteiger partial charge on any atom is 0.270 e. The minimum Gasteiger partial charge on any atom is -0.496 e. The van der Waals surface area contributed by atoms with E-state index in [1.54, 1.807) is 6.92 Å². The molecule has 6 heteroatoms. The molecule has 2 aromatic carbocycles. The summed E-state index contributed by atoms with van der Waals surface area (Å²) in [7, 11) is 1.48. The fraction of sp³-hybridized carbons (Fsp3) is 0.158. The van der Waals surface area contributed by atoms with E-state index >= 15 is 0 Å². The number of aryl methyl sites for hydroxylation is 1. The molecule has 1 aromatic heterocycles. The van der Waals surface area contributed by atoms with Crippen LogP contribution in [-0.2, 0) is 6.54 Å². The van der Waals surface area contributed by atoms with Crippen molar-refractivity contribution in [3.63, 3.8) is 0 Å². The Morgan fingerprint density at radius 2 is 1.96 bits per heavy atom. The number of nitrogens with one attached hydrogen (secondary N) is 1. The summed E-state index contributed by atoms with van der Waals surface area (Å²) < 4.78 is 19.9. The van der Waals surface area contributed by atoms with E-state index in [4.69, 9.17) is 4.74 Å². The second-order valence-electron chi connectivity index (χ2n) is 5.64. The quantitative estimate of drug-likeness (QED) is 0.704. The van der Waals surface area contributed by atoms with Gasteiger partial charge in [-0.3, -0.25) is 4.79 Å². The summed E-state index contributed by atoms with van der Waals surface area (Å²) >= 11 is 3.37. The molecule has 0 saturated heterocycles. The number of amides is 1. The zero-order chi connectivity index (χ0) is 18.0. The topological polar surface area (TPSA) is 51.2 Å². The van der Waals surface area contributed by atoms with E-state index in [9.17, 15) is 9.18 Å². The lowest BCUT2D eigenvalue weighted by Crippen LogP contribution is -2.24. The Bertz CT molecular complexity index is 942. The van der Waals surface area contributed by atoms with Crippen LogP contribution in [0.1, 0.15) is 21.6 Å². The summed E-state index contributed by atoms with van der Waals surface area (Å²) in [5.74, 6) is -0.259. The van der Waals surface area contributed by atoms with E-state index in [0.717, 1.165) is 10.0 Å². The number of hydrogen-bond acceptors (Lipinski definition) is 3. The second-order valence-corrected chi connectivity index (χ2v) is 6.55. The minimum atomic E-state index is -0.363. The first-order valence-corrected chi connectivity index (χ1v) is 8.45. The number of nitrogens with zero attached hydrogens (tertiary/aromatic N) is 1. The number of hydrogen-bond donors (Lipinski definition) is 1. The lowest BCUT2D eigenvalue weighted by atomic mass is 10.1. The molecule has 0 unspecified atom stereocenters. The van der Waals surface area contributed by atoms with Crippen molar-refractivity contribution < 1.29 is 13.9 Å². The highest BCUT2D eigenvalue weighted by Gasteiger charge is 2.15. The van der Waals surface area contributed by atoms with Crippen LogP contribution in [-0.4, -0.2) is 18.0 Å². The third-order valence-corrected chi connectivity index (χ3v) is 4.38. The highest BCUT2D eigenvalue weighted by molar-refractivity contribution is 9.10. The lowest BCUT2D eigenvalue weighted by molar-refractivity contribution is 0.0946. The fourth-order valence-corrected chi connectivity index (χ4v) is 2.85. The van der Waals surface area contributed by atoms with Crippen molar-refractivity contribution >= 4 is 32.7 Å². The fourth-order valence-electron chi connectivity index (χ4n) is 2.59. The molecule has 0 saturated carbocycles. The Morgan fingerprint density at radius 1 is 1.24 bits per heavy atom. The SMILES string of the molecule is COc1cc(C(=O)NCc2ccc(Br)cc2)nc2c(C)cc(F)cc12. The number of carbonyl (C=O) groups excluding carboxylic acids is 1. The predicted molar refractivity (Wildman–Crippen MR) is 98.3 cm³/mol. The summed E-state index contributed by atoms with van der Waals surface area (Å²) in [6, 6.07) is 11.9. The van der Waals surface area contributed by atoms with Gasteiger partial charge in [0.05, 0.1) is 12.6 Å². The van der Waals surface area contributed by atoms with Gasteiger partial charge in [-0.15, -0.1) is 0 Å². The van der Waals surface area contributed by atoms with Crippen LogP contribution in [0.2, 0.25) is 0 Å². The monoisotopic (exact) mass is 402 g/mol. The molecule has 0 aliphatic rings. The Hall–Kier alpha value is -2.47. The van der Waals surface area contributed by atoms with E-state index in [1.165, 1.54) is 25.3 Å². The van der Waals surface area contributed by atoms with Crippen LogP contribution >= 0.6 is 15.9 Å². The molecule has 128 valence electrons. The lowest BCUT2D eigenvalue weighted by Gasteiger charge is -2.11. The first-order chi connectivity index (χ1) is 12.0. The van der Waals surface area contributed by atoms with Crippen molar-refractivity contribution in [1.29, 1.82) is 0 Å². The van der Waals surface area contributed by atoms with Crippen LogP contribution in [0.4, 0.5) is 4.39 Å². The highest BCUT2D eigenvalue weighted by Crippen LogP contribution is 2.28. The molecular formula is C19H16BrFN2O2. The minimum absolute atomic E-state index is 0.233. The summed E-state index contributed by atoms with van der Waals surface area (Å²) in [6.07, 6.45) is 0. The largest absolute Gasteiger partial charge is 0.496 e.